The number of nitrogens with zero attached hydrogens (tertiary/aromatic N) is 1. The van der Waals surface area contributed by atoms with Gasteiger partial charge in [0.1, 0.15) is 0 Å². The largest absolute Gasteiger partial charge is 0.493 e. The first-order chi connectivity index (χ1) is 10.1. The maximum atomic E-state index is 11.9. The highest BCUT2D eigenvalue weighted by Gasteiger charge is 2.08. The van der Waals surface area contributed by atoms with Crippen LogP contribution in [0.15, 0.2) is 23.6 Å². The molecule has 0 bridgehead atoms. The summed E-state index contributed by atoms with van der Waals surface area (Å²) in [5, 5.41) is 5.85. The van der Waals surface area contributed by atoms with Crippen LogP contribution in [0.5, 0.6) is 11.5 Å². The molecule has 0 aliphatic rings. The van der Waals surface area contributed by atoms with Crippen LogP contribution in [0.1, 0.15) is 17.1 Å². The molecule has 21 heavy (non-hydrogen) atoms. The fraction of sp³-hybridized carbons (Fsp3) is 0.333. The molecule has 1 N–H and O–H groups in total. The molecule has 0 unspecified atom stereocenters. The van der Waals surface area contributed by atoms with Crippen molar-refractivity contribution >= 4 is 22.9 Å². The fourth-order valence-corrected chi connectivity index (χ4v) is 2.55. The number of rotatable bonds is 6. The molecule has 2 rings (SSSR count). The van der Waals surface area contributed by atoms with Gasteiger partial charge in [0.05, 0.1) is 24.9 Å². The second kappa shape index (κ2) is 7.08. The van der Waals surface area contributed by atoms with Gasteiger partial charge in [-0.25, -0.2) is 4.98 Å². The number of carbonyl (C=O) groups is 1. The maximum Gasteiger partial charge on any atom is 0.224 e. The third-order valence-electron chi connectivity index (χ3n) is 2.94. The molecule has 0 atom stereocenters. The molecule has 0 radical (unpaired) electrons. The number of aryl methyl sites for hydroxylation is 2. The molecule has 2 aromatic rings. The lowest BCUT2D eigenvalue weighted by Crippen LogP contribution is -2.12. The number of hydrogen-bond donors (Lipinski definition) is 1. The summed E-state index contributed by atoms with van der Waals surface area (Å²) in [5.41, 5.74) is 1.65. The smallest absolute Gasteiger partial charge is 0.224 e. The van der Waals surface area contributed by atoms with Gasteiger partial charge in [-0.15, -0.1) is 11.3 Å². The highest BCUT2D eigenvalue weighted by Crippen LogP contribution is 2.29. The van der Waals surface area contributed by atoms with Crippen LogP contribution in [0, 0.1) is 6.92 Å². The SMILES string of the molecule is COc1ccc(NC(=O)CCc2csc(C)n2)cc1OC. The topological polar surface area (TPSA) is 60.5 Å². The van der Waals surface area contributed by atoms with Crippen molar-refractivity contribution in [3.05, 3.63) is 34.3 Å². The van der Waals surface area contributed by atoms with Crippen molar-refractivity contribution in [2.75, 3.05) is 19.5 Å². The Balaban J connectivity index is 1.93. The van der Waals surface area contributed by atoms with E-state index < -0.39 is 0 Å². The average Bonchev–Trinajstić information content (AvgIpc) is 2.90. The van der Waals surface area contributed by atoms with E-state index >= 15 is 0 Å². The van der Waals surface area contributed by atoms with Gasteiger partial charge in [0, 0.05) is 23.6 Å². The second-order valence-corrected chi connectivity index (χ2v) is 5.54. The van der Waals surface area contributed by atoms with Gasteiger partial charge in [-0.05, 0) is 25.5 Å². The predicted octanol–water partition coefficient (Wildman–Crippen LogP) is 3.04. The van der Waals surface area contributed by atoms with Crippen LogP contribution in [0.3, 0.4) is 0 Å². The molecule has 0 spiro atoms. The highest BCUT2D eigenvalue weighted by molar-refractivity contribution is 7.09. The summed E-state index contributed by atoms with van der Waals surface area (Å²) in [6, 6.07) is 5.29. The first kappa shape index (κ1) is 15.3. The molecule has 6 heteroatoms. The van der Waals surface area contributed by atoms with Crippen molar-refractivity contribution in [2.24, 2.45) is 0 Å². The number of carbonyl (C=O) groups excluding carboxylic acids is 1. The van der Waals surface area contributed by atoms with Crippen molar-refractivity contribution in [3.8, 4) is 11.5 Å². The minimum absolute atomic E-state index is 0.0483. The summed E-state index contributed by atoms with van der Waals surface area (Å²) in [6.45, 7) is 1.96. The van der Waals surface area contributed by atoms with Gasteiger partial charge in [0.2, 0.25) is 5.91 Å². The van der Waals surface area contributed by atoms with E-state index in [0.29, 0.717) is 30.0 Å². The molecule has 0 saturated heterocycles. The van der Waals surface area contributed by atoms with E-state index in [4.69, 9.17) is 9.47 Å². The number of aromatic nitrogens is 1. The molecule has 1 aromatic carbocycles. The number of thiazole rings is 1. The van der Waals surface area contributed by atoms with Crippen LogP contribution < -0.4 is 14.8 Å². The molecule has 0 fully saturated rings. The first-order valence-electron chi connectivity index (χ1n) is 6.55. The summed E-state index contributed by atoms with van der Waals surface area (Å²) in [5.74, 6) is 1.17. The quantitative estimate of drug-likeness (QED) is 0.891. The van der Waals surface area contributed by atoms with E-state index in [1.807, 2.05) is 12.3 Å². The molecular formula is C15H18N2O3S. The molecule has 5 nitrogen and oxygen atoms in total. The minimum Gasteiger partial charge on any atom is -0.493 e. The van der Waals surface area contributed by atoms with Crippen molar-refractivity contribution in [2.45, 2.75) is 19.8 Å². The Labute approximate surface area is 127 Å². The van der Waals surface area contributed by atoms with E-state index in [2.05, 4.69) is 10.3 Å². The Kier molecular flexibility index (Phi) is 5.16. The third-order valence-corrected chi connectivity index (χ3v) is 3.76. The molecule has 1 amide bonds. The Bertz CT molecular complexity index is 625. The standard InChI is InChI=1S/C15H18N2O3S/c1-10-16-12(9-21-10)5-7-15(18)17-11-4-6-13(19-2)14(8-11)20-3/h4,6,8-9H,5,7H2,1-3H3,(H,17,18). The van der Waals surface area contributed by atoms with E-state index in [1.165, 1.54) is 0 Å². The molecule has 112 valence electrons. The van der Waals surface area contributed by atoms with Gasteiger partial charge < -0.3 is 14.8 Å². The molecule has 0 aliphatic heterocycles. The molecule has 1 heterocycles. The van der Waals surface area contributed by atoms with Crippen LogP contribution in [0.4, 0.5) is 5.69 Å². The number of amides is 1. The molecule has 0 aliphatic carbocycles. The number of anilines is 1. The lowest BCUT2D eigenvalue weighted by molar-refractivity contribution is -0.116. The van der Waals surface area contributed by atoms with E-state index in [0.717, 1.165) is 10.7 Å². The Morgan fingerprint density at radius 2 is 2.05 bits per heavy atom. The van der Waals surface area contributed by atoms with Crippen LogP contribution >= 0.6 is 11.3 Å². The van der Waals surface area contributed by atoms with E-state index in [-0.39, 0.29) is 5.91 Å². The van der Waals surface area contributed by atoms with Crippen LogP contribution in [-0.4, -0.2) is 25.1 Å². The van der Waals surface area contributed by atoms with Gasteiger partial charge >= 0.3 is 0 Å². The lowest BCUT2D eigenvalue weighted by atomic mass is 10.2. The Morgan fingerprint density at radius 1 is 1.29 bits per heavy atom. The highest BCUT2D eigenvalue weighted by atomic mass is 32.1. The predicted molar refractivity (Wildman–Crippen MR) is 83.3 cm³/mol. The number of ether oxygens (including phenoxy) is 2. The first-order valence-corrected chi connectivity index (χ1v) is 7.43. The van der Waals surface area contributed by atoms with Crippen LogP contribution in [0.2, 0.25) is 0 Å². The molecule has 0 saturated carbocycles. The summed E-state index contributed by atoms with van der Waals surface area (Å²) < 4.78 is 10.4. The van der Waals surface area contributed by atoms with Gasteiger partial charge in [0.25, 0.3) is 0 Å². The second-order valence-electron chi connectivity index (χ2n) is 4.48. The van der Waals surface area contributed by atoms with Gasteiger partial charge in [-0.2, -0.15) is 0 Å². The summed E-state index contributed by atoms with van der Waals surface area (Å²) in [4.78, 5) is 16.3. The van der Waals surface area contributed by atoms with Gasteiger partial charge in [-0.1, -0.05) is 0 Å². The zero-order valence-corrected chi connectivity index (χ0v) is 13.1. The van der Waals surface area contributed by atoms with Gasteiger partial charge in [0.15, 0.2) is 11.5 Å². The Hall–Kier alpha value is -2.08. The van der Waals surface area contributed by atoms with Crippen LogP contribution in [-0.2, 0) is 11.2 Å². The minimum atomic E-state index is -0.0483. The zero-order valence-electron chi connectivity index (χ0n) is 12.3. The van der Waals surface area contributed by atoms with Gasteiger partial charge in [-0.3, -0.25) is 4.79 Å². The van der Waals surface area contributed by atoms with Crippen molar-refractivity contribution in [1.29, 1.82) is 0 Å². The number of hydrogen-bond acceptors (Lipinski definition) is 5. The summed E-state index contributed by atoms with van der Waals surface area (Å²) in [6.07, 6.45) is 1.04. The van der Waals surface area contributed by atoms with Crippen molar-refractivity contribution in [3.63, 3.8) is 0 Å². The summed E-state index contributed by atoms with van der Waals surface area (Å²) >= 11 is 1.60. The normalized spacial score (nSPS) is 10.2. The maximum absolute atomic E-state index is 11.9. The number of nitrogens with one attached hydrogen (secondary N) is 1. The fourth-order valence-electron chi connectivity index (χ4n) is 1.90. The lowest BCUT2D eigenvalue weighted by Gasteiger charge is -2.10. The Morgan fingerprint density at radius 3 is 2.67 bits per heavy atom. The molecular weight excluding hydrogens is 288 g/mol. The van der Waals surface area contributed by atoms with E-state index in [9.17, 15) is 4.79 Å². The molecule has 1 aromatic heterocycles. The third kappa shape index (κ3) is 4.19. The number of methoxy groups -OCH3 is 2. The monoisotopic (exact) mass is 306 g/mol. The number of benzene rings is 1. The average molecular weight is 306 g/mol. The van der Waals surface area contributed by atoms with Crippen LogP contribution in [0.25, 0.3) is 0 Å². The van der Waals surface area contributed by atoms with E-state index in [1.54, 1.807) is 43.8 Å². The zero-order chi connectivity index (χ0) is 15.2. The summed E-state index contributed by atoms with van der Waals surface area (Å²) in [7, 11) is 3.14. The van der Waals surface area contributed by atoms with Crippen molar-refractivity contribution < 1.29 is 14.3 Å². The van der Waals surface area contributed by atoms with Crippen molar-refractivity contribution in [1.82, 2.24) is 4.98 Å².